The molecule has 6 nitrogen and oxygen atoms in total. The molecule has 0 atom stereocenters. The van der Waals surface area contributed by atoms with Gasteiger partial charge in [-0.15, -0.1) is 0 Å². The maximum absolute atomic E-state index is 13.8. The first kappa shape index (κ1) is 17.5. The van der Waals surface area contributed by atoms with E-state index in [9.17, 15) is 19.3 Å². The highest BCUT2D eigenvalue weighted by Gasteiger charge is 2.16. The Morgan fingerprint density at radius 3 is 2.69 bits per heavy atom. The maximum atomic E-state index is 13.8. The molecule has 0 saturated carbocycles. The molecule has 3 rings (SSSR count). The predicted molar refractivity (Wildman–Crippen MR) is 96.6 cm³/mol. The van der Waals surface area contributed by atoms with Crippen LogP contribution >= 0.6 is 0 Å². The van der Waals surface area contributed by atoms with Crippen molar-refractivity contribution in [1.29, 1.82) is 0 Å². The number of aromatic nitrogens is 1. The number of nitro benzene ring substituents is 1. The van der Waals surface area contributed by atoms with Crippen LogP contribution in [-0.4, -0.2) is 15.8 Å². The van der Waals surface area contributed by atoms with E-state index in [-0.39, 0.29) is 17.8 Å². The van der Waals surface area contributed by atoms with Gasteiger partial charge in [-0.1, -0.05) is 18.2 Å². The molecule has 0 aliphatic carbocycles. The number of carbonyl (C=O) groups is 1. The number of nitrogens with zero attached hydrogens (tertiary/aromatic N) is 2. The number of aryl methyl sites for hydroxylation is 2. The van der Waals surface area contributed by atoms with Crippen LogP contribution in [0.1, 0.15) is 16.8 Å². The molecule has 0 unspecified atom stereocenters. The molecule has 1 heterocycles. The summed E-state index contributed by atoms with van der Waals surface area (Å²) in [4.78, 5) is 27.1. The lowest BCUT2D eigenvalue weighted by molar-refractivity contribution is -0.384. The molecule has 0 saturated heterocycles. The third kappa shape index (κ3) is 3.37. The Kier molecular flexibility index (Phi) is 4.62. The smallest absolute Gasteiger partial charge is 0.271 e. The predicted octanol–water partition coefficient (Wildman–Crippen LogP) is 4.08. The van der Waals surface area contributed by atoms with Crippen molar-refractivity contribution in [3.8, 4) is 0 Å². The summed E-state index contributed by atoms with van der Waals surface area (Å²) < 4.78 is 13.8. The van der Waals surface area contributed by atoms with Crippen LogP contribution in [0.25, 0.3) is 10.9 Å². The number of amides is 1. The number of halogens is 1. The van der Waals surface area contributed by atoms with E-state index >= 15 is 0 Å². The van der Waals surface area contributed by atoms with E-state index in [1.165, 1.54) is 0 Å². The lowest BCUT2D eigenvalue weighted by atomic mass is 9.99. The number of rotatable bonds is 4. The van der Waals surface area contributed by atoms with Crippen LogP contribution in [0, 0.1) is 29.8 Å². The van der Waals surface area contributed by atoms with Crippen molar-refractivity contribution in [2.75, 3.05) is 5.32 Å². The van der Waals surface area contributed by atoms with Gasteiger partial charge in [-0.25, -0.2) is 4.39 Å². The second-order valence-corrected chi connectivity index (χ2v) is 5.96. The number of hydrogen-bond acceptors (Lipinski definition) is 4. The van der Waals surface area contributed by atoms with Crippen LogP contribution in [0.2, 0.25) is 0 Å². The molecule has 0 aliphatic rings. The summed E-state index contributed by atoms with van der Waals surface area (Å²) in [5.74, 6) is -1.19. The van der Waals surface area contributed by atoms with Crippen LogP contribution in [0.4, 0.5) is 15.8 Å². The standard InChI is InChI=1S/C19H16FN3O3/c1-11-14-5-3-4-6-17(14)21-12(2)15(11)10-19(24)22-18-9-13(23(25)26)7-8-16(18)20/h3-9H,10H2,1-2H3,(H,22,24). The quantitative estimate of drug-likeness (QED) is 0.566. The van der Waals surface area contributed by atoms with E-state index in [1.54, 1.807) is 0 Å². The molecule has 3 aromatic rings. The van der Waals surface area contributed by atoms with Crippen molar-refractivity contribution in [2.45, 2.75) is 20.3 Å². The number of fused-ring (bicyclic) bond motifs is 1. The van der Waals surface area contributed by atoms with Crippen molar-refractivity contribution in [3.63, 3.8) is 0 Å². The maximum Gasteiger partial charge on any atom is 0.271 e. The summed E-state index contributed by atoms with van der Waals surface area (Å²) in [6, 6.07) is 10.6. The first-order valence-corrected chi connectivity index (χ1v) is 7.95. The molecular weight excluding hydrogens is 337 g/mol. The van der Waals surface area contributed by atoms with Gasteiger partial charge in [0.2, 0.25) is 5.91 Å². The fraction of sp³-hybridized carbons (Fsp3) is 0.158. The molecule has 1 amide bonds. The number of hydrogen-bond donors (Lipinski definition) is 1. The number of pyridine rings is 1. The lowest BCUT2D eigenvalue weighted by Crippen LogP contribution is -2.17. The number of anilines is 1. The van der Waals surface area contributed by atoms with Gasteiger partial charge in [0.05, 0.1) is 22.5 Å². The minimum Gasteiger partial charge on any atom is -0.323 e. The number of carbonyl (C=O) groups excluding carboxylic acids is 1. The molecular formula is C19H16FN3O3. The summed E-state index contributed by atoms with van der Waals surface area (Å²) >= 11 is 0. The number of benzene rings is 2. The van der Waals surface area contributed by atoms with E-state index < -0.39 is 16.6 Å². The van der Waals surface area contributed by atoms with Gasteiger partial charge in [0.15, 0.2) is 0 Å². The normalized spacial score (nSPS) is 10.7. The van der Waals surface area contributed by atoms with Gasteiger partial charge >= 0.3 is 0 Å². The first-order valence-electron chi connectivity index (χ1n) is 7.95. The zero-order valence-electron chi connectivity index (χ0n) is 14.2. The molecule has 0 fully saturated rings. The molecule has 132 valence electrons. The van der Waals surface area contributed by atoms with Crippen LogP contribution in [0.15, 0.2) is 42.5 Å². The second-order valence-electron chi connectivity index (χ2n) is 5.96. The fourth-order valence-electron chi connectivity index (χ4n) is 2.91. The number of nitrogens with one attached hydrogen (secondary N) is 1. The Labute approximate surface area is 148 Å². The van der Waals surface area contributed by atoms with Crippen LogP contribution in [-0.2, 0) is 11.2 Å². The highest BCUT2D eigenvalue weighted by Crippen LogP contribution is 2.24. The van der Waals surface area contributed by atoms with Gasteiger partial charge in [0.1, 0.15) is 5.82 Å². The molecule has 26 heavy (non-hydrogen) atoms. The molecule has 0 radical (unpaired) electrons. The highest BCUT2D eigenvalue weighted by molar-refractivity contribution is 5.94. The highest BCUT2D eigenvalue weighted by atomic mass is 19.1. The summed E-state index contributed by atoms with van der Waals surface area (Å²) in [5.41, 5.74) is 2.75. The van der Waals surface area contributed by atoms with Gasteiger partial charge < -0.3 is 5.32 Å². The fourth-order valence-corrected chi connectivity index (χ4v) is 2.91. The van der Waals surface area contributed by atoms with E-state index in [4.69, 9.17) is 0 Å². The second kappa shape index (κ2) is 6.87. The zero-order chi connectivity index (χ0) is 18.8. The van der Waals surface area contributed by atoms with Crippen LogP contribution in [0.5, 0.6) is 0 Å². The molecule has 2 aromatic carbocycles. The average Bonchev–Trinajstić information content (AvgIpc) is 2.60. The van der Waals surface area contributed by atoms with Gasteiger partial charge in [-0.2, -0.15) is 0 Å². The number of para-hydroxylation sites is 1. The molecule has 1 aromatic heterocycles. The summed E-state index contributed by atoms with van der Waals surface area (Å²) in [6.45, 7) is 3.73. The monoisotopic (exact) mass is 353 g/mol. The Hall–Kier alpha value is -3.35. The summed E-state index contributed by atoms with van der Waals surface area (Å²) in [6.07, 6.45) is -0.00235. The Balaban J connectivity index is 1.88. The van der Waals surface area contributed by atoms with Crippen molar-refractivity contribution in [3.05, 3.63) is 75.2 Å². The van der Waals surface area contributed by atoms with E-state index in [0.717, 1.165) is 45.9 Å². The van der Waals surface area contributed by atoms with Gasteiger partial charge in [0.25, 0.3) is 5.69 Å². The number of non-ortho nitro benzene ring substituents is 1. The summed E-state index contributed by atoms with van der Waals surface area (Å²) in [5, 5.41) is 14.2. The van der Waals surface area contributed by atoms with Crippen molar-refractivity contribution in [2.24, 2.45) is 0 Å². The van der Waals surface area contributed by atoms with Gasteiger partial charge in [0, 0.05) is 23.2 Å². The minimum absolute atomic E-state index is 0.00235. The number of nitro groups is 1. The molecule has 1 N–H and O–H groups in total. The zero-order valence-corrected chi connectivity index (χ0v) is 14.2. The Morgan fingerprint density at radius 2 is 1.96 bits per heavy atom. The van der Waals surface area contributed by atoms with Gasteiger partial charge in [-0.3, -0.25) is 19.9 Å². The topological polar surface area (TPSA) is 85.1 Å². The Bertz CT molecular complexity index is 1030. The third-order valence-corrected chi connectivity index (χ3v) is 4.26. The van der Waals surface area contributed by atoms with E-state index in [0.29, 0.717) is 0 Å². The van der Waals surface area contributed by atoms with Crippen molar-refractivity contribution < 1.29 is 14.1 Å². The molecule has 0 spiro atoms. The molecule has 0 bridgehead atoms. The van der Waals surface area contributed by atoms with Gasteiger partial charge in [-0.05, 0) is 37.1 Å². The van der Waals surface area contributed by atoms with Crippen LogP contribution < -0.4 is 5.32 Å². The van der Waals surface area contributed by atoms with E-state index in [1.807, 2.05) is 38.1 Å². The Morgan fingerprint density at radius 1 is 1.23 bits per heavy atom. The largest absolute Gasteiger partial charge is 0.323 e. The van der Waals surface area contributed by atoms with Crippen LogP contribution in [0.3, 0.4) is 0 Å². The average molecular weight is 353 g/mol. The lowest BCUT2D eigenvalue weighted by Gasteiger charge is -2.13. The van der Waals surface area contributed by atoms with E-state index in [2.05, 4.69) is 10.3 Å². The first-order chi connectivity index (χ1) is 12.4. The van der Waals surface area contributed by atoms with Crippen molar-refractivity contribution >= 4 is 28.2 Å². The SMILES string of the molecule is Cc1nc2ccccc2c(C)c1CC(=O)Nc1cc([N+](=O)[O-])ccc1F. The summed E-state index contributed by atoms with van der Waals surface area (Å²) in [7, 11) is 0. The van der Waals surface area contributed by atoms with Crippen molar-refractivity contribution in [1.82, 2.24) is 4.98 Å². The molecule has 0 aliphatic heterocycles. The third-order valence-electron chi connectivity index (χ3n) is 4.26. The minimum atomic E-state index is -0.728. The molecule has 7 heteroatoms.